The molecular weight excluding hydrogens is 415 g/mol. The highest BCUT2D eigenvalue weighted by Gasteiger charge is 2.08. The smallest absolute Gasteiger partial charge is 0.250 e. The molecule has 0 saturated carbocycles. The second-order valence-electron chi connectivity index (χ2n) is 6.17. The van der Waals surface area contributed by atoms with E-state index in [0.717, 1.165) is 21.3 Å². The van der Waals surface area contributed by atoms with Gasteiger partial charge in [0.25, 0.3) is 0 Å². The van der Waals surface area contributed by atoms with Gasteiger partial charge in [0.2, 0.25) is 5.91 Å². The second-order valence-corrected chi connectivity index (χ2v) is 8.08. The van der Waals surface area contributed by atoms with Gasteiger partial charge < -0.3 is 4.42 Å². The van der Waals surface area contributed by atoms with Crippen LogP contribution in [0.4, 0.5) is 5.13 Å². The predicted molar refractivity (Wildman–Crippen MR) is 116 cm³/mol. The number of nitrogens with one attached hydrogen (secondary N) is 1. The van der Waals surface area contributed by atoms with Crippen LogP contribution in [0.2, 0.25) is 10.0 Å². The van der Waals surface area contributed by atoms with E-state index in [9.17, 15) is 4.79 Å². The standard InChI is InChI=1S/C21H14Cl2N2O2S/c1-12-2-5-17-19(8-12)28-21(24-17)25-20(26)7-4-16-3-6-18(27-16)13-9-14(22)11-15(23)10-13/h2-11H,1H3,(H,24,25,26). The van der Waals surface area contributed by atoms with Crippen molar-refractivity contribution in [2.75, 3.05) is 5.32 Å². The van der Waals surface area contributed by atoms with E-state index < -0.39 is 0 Å². The van der Waals surface area contributed by atoms with Crippen LogP contribution in [0, 0.1) is 6.92 Å². The molecule has 140 valence electrons. The molecule has 2 aromatic heterocycles. The monoisotopic (exact) mass is 428 g/mol. The van der Waals surface area contributed by atoms with Gasteiger partial charge in [-0.25, -0.2) is 4.98 Å². The lowest BCUT2D eigenvalue weighted by molar-refractivity contribution is -0.111. The van der Waals surface area contributed by atoms with Gasteiger partial charge in [-0.15, -0.1) is 0 Å². The summed E-state index contributed by atoms with van der Waals surface area (Å²) in [6.07, 6.45) is 3.01. The molecule has 0 atom stereocenters. The van der Waals surface area contributed by atoms with Gasteiger partial charge in [0, 0.05) is 21.7 Å². The van der Waals surface area contributed by atoms with Crippen molar-refractivity contribution in [3.63, 3.8) is 0 Å². The largest absolute Gasteiger partial charge is 0.457 e. The number of nitrogens with zero attached hydrogens (tertiary/aromatic N) is 1. The molecule has 0 spiro atoms. The maximum Gasteiger partial charge on any atom is 0.250 e. The molecule has 4 rings (SSSR count). The number of halogens is 2. The number of fused-ring (bicyclic) bond motifs is 1. The van der Waals surface area contributed by atoms with Crippen LogP contribution < -0.4 is 5.32 Å². The topological polar surface area (TPSA) is 55.1 Å². The molecule has 4 nitrogen and oxygen atoms in total. The minimum absolute atomic E-state index is 0.278. The summed E-state index contributed by atoms with van der Waals surface area (Å²) >= 11 is 13.5. The van der Waals surface area contributed by atoms with Crippen molar-refractivity contribution < 1.29 is 9.21 Å². The van der Waals surface area contributed by atoms with Gasteiger partial charge >= 0.3 is 0 Å². The highest BCUT2D eigenvalue weighted by molar-refractivity contribution is 7.22. The number of aryl methyl sites for hydroxylation is 1. The number of furan rings is 1. The third-order valence-corrected chi connectivity index (χ3v) is 5.32. The lowest BCUT2D eigenvalue weighted by Crippen LogP contribution is -2.07. The van der Waals surface area contributed by atoms with Gasteiger partial charge in [-0.2, -0.15) is 0 Å². The van der Waals surface area contributed by atoms with Crippen LogP contribution in [0.3, 0.4) is 0 Å². The van der Waals surface area contributed by atoms with E-state index in [-0.39, 0.29) is 5.91 Å². The van der Waals surface area contributed by atoms with Crippen molar-refractivity contribution in [3.05, 3.63) is 76.0 Å². The lowest BCUT2D eigenvalue weighted by Gasteiger charge is -1.99. The van der Waals surface area contributed by atoms with E-state index in [1.807, 2.05) is 25.1 Å². The molecule has 0 fully saturated rings. The molecule has 0 saturated heterocycles. The number of aromatic nitrogens is 1. The van der Waals surface area contributed by atoms with Crippen LogP contribution in [0.1, 0.15) is 11.3 Å². The quantitative estimate of drug-likeness (QED) is 0.362. The zero-order valence-corrected chi connectivity index (χ0v) is 17.0. The number of amides is 1. The average molecular weight is 429 g/mol. The summed E-state index contributed by atoms with van der Waals surface area (Å²) in [6.45, 7) is 2.02. The summed E-state index contributed by atoms with van der Waals surface area (Å²) in [4.78, 5) is 16.6. The van der Waals surface area contributed by atoms with Crippen molar-refractivity contribution in [1.29, 1.82) is 0 Å². The first-order valence-electron chi connectivity index (χ1n) is 8.39. The van der Waals surface area contributed by atoms with Gasteiger partial charge in [-0.3, -0.25) is 10.1 Å². The number of thiazole rings is 1. The Morgan fingerprint density at radius 1 is 1.11 bits per heavy atom. The summed E-state index contributed by atoms with van der Waals surface area (Å²) < 4.78 is 6.78. The number of carbonyl (C=O) groups is 1. The van der Waals surface area contributed by atoms with Crippen LogP contribution in [-0.4, -0.2) is 10.9 Å². The highest BCUT2D eigenvalue weighted by Crippen LogP contribution is 2.29. The zero-order chi connectivity index (χ0) is 19.7. The van der Waals surface area contributed by atoms with Crippen LogP contribution >= 0.6 is 34.5 Å². The molecule has 7 heteroatoms. The van der Waals surface area contributed by atoms with Gasteiger partial charge in [-0.1, -0.05) is 40.6 Å². The first-order valence-corrected chi connectivity index (χ1v) is 9.96. The second kappa shape index (κ2) is 7.80. The molecule has 28 heavy (non-hydrogen) atoms. The summed E-state index contributed by atoms with van der Waals surface area (Å²) in [5.74, 6) is 0.881. The van der Waals surface area contributed by atoms with Crippen molar-refractivity contribution >= 4 is 61.9 Å². The average Bonchev–Trinajstić information content (AvgIpc) is 3.25. The van der Waals surface area contributed by atoms with E-state index >= 15 is 0 Å². The molecule has 0 aliphatic heterocycles. The first-order chi connectivity index (χ1) is 13.5. The summed E-state index contributed by atoms with van der Waals surface area (Å²) in [5.41, 5.74) is 2.79. The zero-order valence-electron chi connectivity index (χ0n) is 14.7. The van der Waals surface area contributed by atoms with E-state index in [1.54, 1.807) is 36.4 Å². The SMILES string of the molecule is Cc1ccc2nc(NC(=O)C=Cc3ccc(-c4cc(Cl)cc(Cl)c4)o3)sc2c1. The predicted octanol–water partition coefficient (Wildman–Crippen LogP) is 6.82. The Hall–Kier alpha value is -2.60. The van der Waals surface area contributed by atoms with Crippen molar-refractivity contribution in [1.82, 2.24) is 4.98 Å². The lowest BCUT2D eigenvalue weighted by atomic mass is 10.2. The van der Waals surface area contributed by atoms with E-state index in [2.05, 4.69) is 10.3 Å². The van der Waals surface area contributed by atoms with Crippen molar-refractivity contribution in [2.24, 2.45) is 0 Å². The van der Waals surface area contributed by atoms with Crippen molar-refractivity contribution in [2.45, 2.75) is 6.92 Å². The fourth-order valence-electron chi connectivity index (χ4n) is 2.68. The molecule has 0 aliphatic carbocycles. The summed E-state index contributed by atoms with van der Waals surface area (Å²) in [7, 11) is 0. The van der Waals surface area contributed by atoms with Gasteiger partial charge in [0.1, 0.15) is 11.5 Å². The Labute approximate surface area is 175 Å². The Morgan fingerprint density at radius 2 is 1.89 bits per heavy atom. The summed E-state index contributed by atoms with van der Waals surface area (Å²) in [6, 6.07) is 14.7. The van der Waals surface area contributed by atoms with Crippen molar-refractivity contribution in [3.8, 4) is 11.3 Å². The van der Waals surface area contributed by atoms with Crippen LogP contribution in [0.15, 0.2) is 59.0 Å². The molecule has 1 N–H and O–H groups in total. The molecular formula is C21H14Cl2N2O2S. The molecule has 0 radical (unpaired) electrons. The number of hydrogen-bond donors (Lipinski definition) is 1. The molecule has 0 bridgehead atoms. The van der Waals surface area contributed by atoms with Crippen LogP contribution in [0.25, 0.3) is 27.6 Å². The Kier molecular flexibility index (Phi) is 5.22. The first kappa shape index (κ1) is 18.7. The number of anilines is 1. The number of carbonyl (C=O) groups excluding carboxylic acids is 1. The molecule has 0 unspecified atom stereocenters. The third-order valence-electron chi connectivity index (χ3n) is 3.95. The number of benzene rings is 2. The van der Waals surface area contributed by atoms with E-state index in [4.69, 9.17) is 27.6 Å². The van der Waals surface area contributed by atoms with Gasteiger partial charge in [0.05, 0.1) is 10.2 Å². The highest BCUT2D eigenvalue weighted by atomic mass is 35.5. The number of hydrogen-bond acceptors (Lipinski definition) is 4. The fourth-order valence-corrected chi connectivity index (χ4v) is 4.18. The molecule has 0 aliphatic rings. The third kappa shape index (κ3) is 4.28. The van der Waals surface area contributed by atoms with E-state index in [0.29, 0.717) is 26.7 Å². The molecule has 2 heterocycles. The Balaban J connectivity index is 1.46. The Morgan fingerprint density at radius 3 is 2.68 bits per heavy atom. The van der Waals surface area contributed by atoms with E-state index in [1.165, 1.54) is 17.4 Å². The minimum Gasteiger partial charge on any atom is -0.457 e. The molecule has 1 amide bonds. The maximum atomic E-state index is 12.2. The van der Waals surface area contributed by atoms with Gasteiger partial charge in [0.15, 0.2) is 5.13 Å². The fraction of sp³-hybridized carbons (Fsp3) is 0.0476. The summed E-state index contributed by atoms with van der Waals surface area (Å²) in [5, 5.41) is 4.40. The van der Waals surface area contributed by atoms with Crippen LogP contribution in [0.5, 0.6) is 0 Å². The molecule has 4 aromatic rings. The normalized spacial score (nSPS) is 11.4. The van der Waals surface area contributed by atoms with Gasteiger partial charge in [-0.05, 0) is 61.0 Å². The molecule has 2 aromatic carbocycles. The maximum absolute atomic E-state index is 12.2. The minimum atomic E-state index is -0.278. The van der Waals surface area contributed by atoms with Crippen LogP contribution in [-0.2, 0) is 4.79 Å². The Bertz CT molecular complexity index is 1190. The number of rotatable bonds is 4.